The zero-order valence-electron chi connectivity index (χ0n) is 17.1. The SMILES string of the molecule is C=C(C)C(=O)OC.CC(C)(OOC(C)(C)c1ccccc1)c1ccccc1. The van der Waals surface area contributed by atoms with Crippen LogP contribution in [0.5, 0.6) is 0 Å². The minimum absolute atomic E-state index is 0.347. The molecule has 4 heteroatoms. The largest absolute Gasteiger partial charge is 0.466 e. The van der Waals surface area contributed by atoms with Crippen molar-refractivity contribution >= 4 is 5.97 Å². The molecular weight excluding hydrogens is 340 g/mol. The molecule has 0 aliphatic carbocycles. The Kier molecular flexibility index (Phi) is 8.41. The first-order valence-electron chi connectivity index (χ1n) is 8.82. The number of esters is 1. The molecular formula is C23H30O4. The Balaban J connectivity index is 0.000000445. The number of rotatable bonds is 6. The highest BCUT2D eigenvalue weighted by molar-refractivity contribution is 5.86. The summed E-state index contributed by atoms with van der Waals surface area (Å²) in [7, 11) is 1.33. The molecule has 0 spiro atoms. The van der Waals surface area contributed by atoms with E-state index in [0.29, 0.717) is 5.57 Å². The first-order chi connectivity index (χ1) is 12.6. The zero-order chi connectivity index (χ0) is 20.5. The van der Waals surface area contributed by atoms with Crippen molar-refractivity contribution < 1.29 is 19.3 Å². The predicted molar refractivity (Wildman–Crippen MR) is 108 cm³/mol. The number of hydrogen-bond acceptors (Lipinski definition) is 4. The van der Waals surface area contributed by atoms with Gasteiger partial charge in [0.2, 0.25) is 0 Å². The highest BCUT2D eigenvalue weighted by atomic mass is 17.2. The third kappa shape index (κ3) is 7.37. The Labute approximate surface area is 162 Å². The predicted octanol–water partition coefficient (Wildman–Crippen LogP) is 5.54. The van der Waals surface area contributed by atoms with Gasteiger partial charge in [-0.3, -0.25) is 0 Å². The molecule has 0 amide bonds. The Morgan fingerprint density at radius 2 is 1.11 bits per heavy atom. The van der Waals surface area contributed by atoms with Crippen LogP contribution in [0.2, 0.25) is 0 Å². The second kappa shape index (κ2) is 10.0. The average Bonchev–Trinajstić information content (AvgIpc) is 2.68. The lowest BCUT2D eigenvalue weighted by atomic mass is 9.98. The Morgan fingerprint density at radius 3 is 1.33 bits per heavy atom. The van der Waals surface area contributed by atoms with Crippen LogP contribution in [0.25, 0.3) is 0 Å². The summed E-state index contributed by atoms with van der Waals surface area (Å²) < 4.78 is 4.27. The number of ether oxygens (including phenoxy) is 1. The van der Waals surface area contributed by atoms with Crippen LogP contribution >= 0.6 is 0 Å². The van der Waals surface area contributed by atoms with Crippen molar-refractivity contribution in [3.05, 3.63) is 83.9 Å². The van der Waals surface area contributed by atoms with Gasteiger partial charge in [0.1, 0.15) is 11.2 Å². The van der Waals surface area contributed by atoms with E-state index in [1.807, 2.05) is 88.4 Å². The van der Waals surface area contributed by atoms with E-state index in [-0.39, 0.29) is 5.97 Å². The molecule has 0 aromatic heterocycles. The third-order valence-corrected chi connectivity index (χ3v) is 3.93. The van der Waals surface area contributed by atoms with Gasteiger partial charge in [0.05, 0.1) is 7.11 Å². The summed E-state index contributed by atoms with van der Waals surface area (Å²) in [6.07, 6.45) is 0. The number of benzene rings is 2. The average molecular weight is 370 g/mol. The third-order valence-electron chi connectivity index (χ3n) is 3.93. The van der Waals surface area contributed by atoms with Crippen molar-refractivity contribution in [1.29, 1.82) is 0 Å². The van der Waals surface area contributed by atoms with Gasteiger partial charge in [-0.25, -0.2) is 14.6 Å². The summed E-state index contributed by atoms with van der Waals surface area (Å²) in [6.45, 7) is 13.0. The van der Waals surface area contributed by atoms with Crippen LogP contribution in [0.1, 0.15) is 45.7 Å². The van der Waals surface area contributed by atoms with E-state index in [9.17, 15) is 4.79 Å². The van der Waals surface area contributed by atoms with E-state index in [1.165, 1.54) is 7.11 Å². The Hall–Kier alpha value is -2.43. The summed E-state index contributed by atoms with van der Waals surface area (Å²) in [5.41, 5.74) is 1.62. The van der Waals surface area contributed by atoms with Crippen LogP contribution in [0.15, 0.2) is 72.8 Å². The molecule has 0 atom stereocenters. The molecule has 0 bridgehead atoms. The van der Waals surface area contributed by atoms with E-state index in [1.54, 1.807) is 6.92 Å². The van der Waals surface area contributed by atoms with Crippen molar-refractivity contribution in [3.63, 3.8) is 0 Å². The fraction of sp³-hybridized carbons (Fsp3) is 0.348. The number of carbonyl (C=O) groups excluding carboxylic acids is 1. The lowest BCUT2D eigenvalue weighted by Gasteiger charge is -2.31. The zero-order valence-corrected chi connectivity index (χ0v) is 17.1. The van der Waals surface area contributed by atoms with Gasteiger partial charge in [-0.05, 0) is 45.7 Å². The van der Waals surface area contributed by atoms with Crippen molar-refractivity contribution in [3.8, 4) is 0 Å². The Morgan fingerprint density at radius 1 is 0.778 bits per heavy atom. The maximum Gasteiger partial charge on any atom is 0.332 e. The molecule has 0 unspecified atom stereocenters. The summed E-state index contributed by atoms with van der Waals surface area (Å²) >= 11 is 0. The standard InChI is InChI=1S/C18H22O2.C5H8O2/c1-17(2,15-11-7-5-8-12-15)19-20-18(3,4)16-13-9-6-10-14-16;1-4(2)5(6)7-3/h5-14H,1-4H3;1H2,2-3H3. The molecule has 0 heterocycles. The summed E-state index contributed by atoms with van der Waals surface area (Å²) in [4.78, 5) is 21.7. The fourth-order valence-electron chi connectivity index (χ4n) is 2.16. The summed E-state index contributed by atoms with van der Waals surface area (Å²) in [6, 6.07) is 20.2. The molecule has 2 rings (SSSR count). The normalized spacial score (nSPS) is 11.2. The topological polar surface area (TPSA) is 44.8 Å². The van der Waals surface area contributed by atoms with Crippen LogP contribution in [0, 0.1) is 0 Å². The van der Waals surface area contributed by atoms with Crippen LogP contribution in [0.3, 0.4) is 0 Å². The van der Waals surface area contributed by atoms with Crippen LogP contribution in [0.4, 0.5) is 0 Å². The van der Waals surface area contributed by atoms with E-state index >= 15 is 0 Å². The minimum atomic E-state index is -0.493. The van der Waals surface area contributed by atoms with Crippen molar-refractivity contribution in [1.82, 2.24) is 0 Å². The number of methoxy groups -OCH3 is 1. The second-order valence-electron chi connectivity index (χ2n) is 7.19. The molecule has 27 heavy (non-hydrogen) atoms. The highest BCUT2D eigenvalue weighted by Crippen LogP contribution is 2.31. The Bertz CT molecular complexity index is 667. The van der Waals surface area contributed by atoms with Gasteiger partial charge in [-0.15, -0.1) is 0 Å². The van der Waals surface area contributed by atoms with Gasteiger partial charge in [-0.1, -0.05) is 67.2 Å². The monoisotopic (exact) mass is 370 g/mol. The molecule has 0 radical (unpaired) electrons. The maximum atomic E-state index is 10.2. The molecule has 0 aliphatic rings. The minimum Gasteiger partial charge on any atom is -0.466 e. The van der Waals surface area contributed by atoms with Crippen molar-refractivity contribution in [2.45, 2.75) is 45.8 Å². The molecule has 0 saturated heterocycles. The molecule has 146 valence electrons. The maximum absolute atomic E-state index is 10.2. The van der Waals surface area contributed by atoms with Crippen molar-refractivity contribution in [2.24, 2.45) is 0 Å². The summed E-state index contributed by atoms with van der Waals surface area (Å²) in [5.74, 6) is -0.347. The van der Waals surface area contributed by atoms with E-state index in [2.05, 4.69) is 11.3 Å². The van der Waals surface area contributed by atoms with Crippen LogP contribution in [-0.2, 0) is 30.5 Å². The van der Waals surface area contributed by atoms with Gasteiger partial charge in [0.25, 0.3) is 0 Å². The van der Waals surface area contributed by atoms with E-state index < -0.39 is 11.2 Å². The molecule has 0 aliphatic heterocycles. The quantitative estimate of drug-likeness (QED) is 0.290. The lowest BCUT2D eigenvalue weighted by molar-refractivity contribution is -0.410. The first kappa shape index (κ1) is 22.6. The molecule has 0 N–H and O–H groups in total. The molecule has 2 aromatic rings. The van der Waals surface area contributed by atoms with Gasteiger partial charge in [0, 0.05) is 5.57 Å². The molecule has 0 fully saturated rings. The fourth-order valence-corrected chi connectivity index (χ4v) is 2.16. The highest BCUT2D eigenvalue weighted by Gasteiger charge is 2.29. The second-order valence-corrected chi connectivity index (χ2v) is 7.19. The van der Waals surface area contributed by atoms with E-state index in [0.717, 1.165) is 11.1 Å². The van der Waals surface area contributed by atoms with Gasteiger partial charge >= 0.3 is 5.97 Å². The molecule has 2 aromatic carbocycles. The lowest BCUT2D eigenvalue weighted by Crippen LogP contribution is -2.29. The van der Waals surface area contributed by atoms with Gasteiger partial charge < -0.3 is 4.74 Å². The molecule has 4 nitrogen and oxygen atoms in total. The van der Waals surface area contributed by atoms with Crippen molar-refractivity contribution in [2.75, 3.05) is 7.11 Å². The van der Waals surface area contributed by atoms with Crippen LogP contribution in [-0.4, -0.2) is 13.1 Å². The van der Waals surface area contributed by atoms with E-state index in [4.69, 9.17) is 9.78 Å². The molecule has 0 saturated carbocycles. The van der Waals surface area contributed by atoms with Crippen LogP contribution < -0.4 is 0 Å². The first-order valence-corrected chi connectivity index (χ1v) is 8.82. The summed E-state index contributed by atoms with van der Waals surface area (Å²) in [5, 5.41) is 0. The smallest absolute Gasteiger partial charge is 0.332 e. The number of carbonyl (C=O) groups is 1. The number of hydrogen-bond donors (Lipinski definition) is 0. The van der Waals surface area contributed by atoms with Gasteiger partial charge in [0.15, 0.2) is 0 Å². The van der Waals surface area contributed by atoms with Gasteiger partial charge in [-0.2, -0.15) is 0 Å².